The predicted octanol–water partition coefficient (Wildman–Crippen LogP) is 4.44. The summed E-state index contributed by atoms with van der Waals surface area (Å²) in [5, 5.41) is 0. The van der Waals surface area contributed by atoms with Crippen LogP contribution in [-0.4, -0.2) is 6.71 Å². The second-order valence-electron chi connectivity index (χ2n) is 9.52. The Balaban J connectivity index is 1.43. The molecule has 4 aliphatic rings. The first-order valence-corrected chi connectivity index (χ1v) is 12.0. The van der Waals surface area contributed by atoms with Crippen molar-refractivity contribution in [2.24, 2.45) is 0 Å². The van der Waals surface area contributed by atoms with Gasteiger partial charge in [-0.15, -0.1) is 0 Å². The van der Waals surface area contributed by atoms with E-state index in [1.807, 2.05) is 12.1 Å². The SMILES string of the molecule is c1ccc2c(c1)Oc1cccc3c1N2c1cccc2c1B3c1cccc3c1C2[n+]1ccccc1O3. The number of hydrogen-bond acceptors (Lipinski definition) is 3. The number of hydrogen-bond donors (Lipinski definition) is 0. The monoisotopic (exact) mass is 449 g/mol. The van der Waals surface area contributed by atoms with E-state index >= 15 is 0 Å². The van der Waals surface area contributed by atoms with Crippen LogP contribution in [0.1, 0.15) is 17.2 Å². The van der Waals surface area contributed by atoms with Crippen molar-refractivity contribution < 1.29 is 14.0 Å². The first-order chi connectivity index (χ1) is 17.4. The molecule has 4 nitrogen and oxygen atoms in total. The molecule has 1 atom stereocenters. The van der Waals surface area contributed by atoms with Gasteiger partial charge in [0.15, 0.2) is 17.7 Å². The van der Waals surface area contributed by atoms with Gasteiger partial charge < -0.3 is 14.4 Å². The van der Waals surface area contributed by atoms with Crippen molar-refractivity contribution >= 4 is 40.2 Å². The summed E-state index contributed by atoms with van der Waals surface area (Å²) < 4.78 is 15.1. The smallest absolute Gasteiger partial charge is 0.374 e. The predicted molar refractivity (Wildman–Crippen MR) is 136 cm³/mol. The Labute approximate surface area is 202 Å². The lowest BCUT2D eigenvalue weighted by molar-refractivity contribution is -0.711. The third kappa shape index (κ3) is 2.08. The number of nitrogens with zero attached hydrogens (tertiary/aromatic N) is 2. The van der Waals surface area contributed by atoms with Gasteiger partial charge in [0, 0.05) is 17.3 Å². The molecule has 35 heavy (non-hydrogen) atoms. The van der Waals surface area contributed by atoms with Crippen LogP contribution in [0.5, 0.6) is 23.1 Å². The van der Waals surface area contributed by atoms with Gasteiger partial charge in [-0.05, 0) is 47.3 Å². The molecule has 0 fully saturated rings. The molecule has 0 saturated carbocycles. The highest BCUT2D eigenvalue weighted by molar-refractivity contribution is 6.99. The maximum absolute atomic E-state index is 6.42. The molecule has 5 heteroatoms. The van der Waals surface area contributed by atoms with Crippen molar-refractivity contribution in [2.45, 2.75) is 6.04 Å². The van der Waals surface area contributed by atoms with Crippen LogP contribution in [0.25, 0.3) is 0 Å². The highest BCUT2D eigenvalue weighted by atomic mass is 16.5. The molecule has 5 heterocycles. The molecule has 0 bridgehead atoms. The quantitative estimate of drug-likeness (QED) is 0.253. The highest BCUT2D eigenvalue weighted by Gasteiger charge is 2.50. The second kappa shape index (κ2) is 6.13. The fraction of sp³-hybridized carbons (Fsp3) is 0.0333. The van der Waals surface area contributed by atoms with Crippen LogP contribution >= 0.6 is 0 Å². The molecular formula is C30H18BN2O2+. The number of para-hydroxylation sites is 3. The number of pyridine rings is 1. The molecule has 0 aliphatic carbocycles. The summed E-state index contributed by atoms with van der Waals surface area (Å²) in [4.78, 5) is 2.41. The van der Waals surface area contributed by atoms with E-state index in [1.54, 1.807) is 0 Å². The van der Waals surface area contributed by atoms with Crippen molar-refractivity contribution in [1.82, 2.24) is 0 Å². The number of ether oxygens (including phenoxy) is 2. The molecule has 0 N–H and O–H groups in total. The molecule has 4 aromatic carbocycles. The van der Waals surface area contributed by atoms with Crippen LogP contribution in [0.15, 0.2) is 103 Å². The summed E-state index contributed by atoms with van der Waals surface area (Å²) in [7, 11) is 0. The zero-order valence-corrected chi connectivity index (χ0v) is 18.7. The maximum atomic E-state index is 6.42. The number of fused-ring (bicyclic) bond motifs is 8. The second-order valence-corrected chi connectivity index (χ2v) is 9.52. The Morgan fingerprint density at radius 3 is 2.40 bits per heavy atom. The largest absolute Gasteiger partial charge is 0.453 e. The summed E-state index contributed by atoms with van der Waals surface area (Å²) in [6.45, 7) is 0.113. The first-order valence-electron chi connectivity index (χ1n) is 12.0. The van der Waals surface area contributed by atoms with Gasteiger partial charge in [-0.2, -0.15) is 4.57 Å². The van der Waals surface area contributed by atoms with E-state index in [4.69, 9.17) is 9.47 Å². The molecule has 162 valence electrons. The lowest BCUT2D eigenvalue weighted by Crippen LogP contribution is -2.65. The third-order valence-electron chi connectivity index (χ3n) is 7.86. The molecule has 0 radical (unpaired) electrons. The summed E-state index contributed by atoms with van der Waals surface area (Å²) in [5.74, 6) is 3.61. The number of anilines is 3. The summed E-state index contributed by atoms with van der Waals surface area (Å²) in [6, 6.07) is 34.3. The van der Waals surface area contributed by atoms with Crippen molar-refractivity contribution in [2.75, 3.05) is 4.90 Å². The molecule has 1 aromatic heterocycles. The molecule has 9 rings (SSSR count). The number of benzene rings is 4. The van der Waals surface area contributed by atoms with E-state index < -0.39 is 0 Å². The number of aromatic nitrogens is 1. The van der Waals surface area contributed by atoms with Gasteiger partial charge in [-0.1, -0.05) is 54.0 Å². The minimum absolute atomic E-state index is 0.0679. The molecule has 4 aliphatic heterocycles. The van der Waals surface area contributed by atoms with Crippen LogP contribution in [0.3, 0.4) is 0 Å². The summed E-state index contributed by atoms with van der Waals surface area (Å²) >= 11 is 0. The van der Waals surface area contributed by atoms with Crippen molar-refractivity contribution in [3.8, 4) is 23.1 Å². The third-order valence-corrected chi connectivity index (χ3v) is 7.86. The van der Waals surface area contributed by atoms with Crippen LogP contribution in [-0.2, 0) is 0 Å². The Morgan fingerprint density at radius 1 is 0.657 bits per heavy atom. The fourth-order valence-electron chi connectivity index (χ4n) is 6.60. The summed E-state index contributed by atoms with van der Waals surface area (Å²) in [6.07, 6.45) is 2.14. The van der Waals surface area contributed by atoms with Gasteiger partial charge in [-0.25, -0.2) is 0 Å². The lowest BCUT2D eigenvalue weighted by Gasteiger charge is -2.44. The average molecular weight is 449 g/mol. The standard InChI is InChI=1S/C30H18BN2O2/c1-2-13-23-21(11-1)33-22-12-5-8-18-28(22)31(20-10-7-15-25(34-23)30(20)33)19-9-6-14-24-27(19)29(18)32-17-4-3-16-26(32)35-24/h1-17,29H/q+1. The minimum atomic E-state index is 0.0679. The topological polar surface area (TPSA) is 25.6 Å². The van der Waals surface area contributed by atoms with Crippen LogP contribution in [0, 0.1) is 0 Å². The zero-order valence-electron chi connectivity index (χ0n) is 18.7. The Morgan fingerprint density at radius 2 is 1.43 bits per heavy atom. The van der Waals surface area contributed by atoms with E-state index in [0.29, 0.717) is 0 Å². The highest BCUT2D eigenvalue weighted by Crippen LogP contribution is 2.52. The van der Waals surface area contributed by atoms with Gasteiger partial charge in [0.2, 0.25) is 12.8 Å². The van der Waals surface area contributed by atoms with Crippen molar-refractivity contribution in [1.29, 1.82) is 0 Å². The van der Waals surface area contributed by atoms with Gasteiger partial charge in [0.1, 0.15) is 5.75 Å². The fourth-order valence-corrected chi connectivity index (χ4v) is 6.60. The Bertz CT molecular complexity index is 1620. The molecule has 5 aromatic rings. The van der Waals surface area contributed by atoms with Crippen LogP contribution < -0.4 is 35.3 Å². The van der Waals surface area contributed by atoms with Gasteiger partial charge in [0.05, 0.1) is 23.0 Å². The van der Waals surface area contributed by atoms with Crippen molar-refractivity contribution in [3.63, 3.8) is 0 Å². The summed E-state index contributed by atoms with van der Waals surface area (Å²) in [5.41, 5.74) is 9.98. The molecule has 0 spiro atoms. The maximum Gasteiger partial charge on any atom is 0.374 e. The average Bonchev–Trinajstić information content (AvgIpc) is 2.91. The normalized spacial score (nSPS) is 16.6. The van der Waals surface area contributed by atoms with Gasteiger partial charge >= 0.3 is 5.88 Å². The first kappa shape index (κ1) is 17.9. The molecular weight excluding hydrogens is 431 g/mol. The van der Waals surface area contributed by atoms with Crippen LogP contribution in [0.4, 0.5) is 17.1 Å². The van der Waals surface area contributed by atoms with E-state index in [1.165, 1.54) is 33.2 Å². The molecule has 0 amide bonds. The minimum Gasteiger partial charge on any atom is -0.453 e. The van der Waals surface area contributed by atoms with Gasteiger partial charge in [0.25, 0.3) is 0 Å². The van der Waals surface area contributed by atoms with E-state index in [2.05, 4.69) is 101 Å². The van der Waals surface area contributed by atoms with Gasteiger partial charge in [-0.3, -0.25) is 0 Å². The van der Waals surface area contributed by atoms with Crippen LogP contribution in [0.2, 0.25) is 0 Å². The van der Waals surface area contributed by atoms with E-state index in [0.717, 1.165) is 34.5 Å². The Hall–Kier alpha value is -4.51. The van der Waals surface area contributed by atoms with Crippen molar-refractivity contribution in [3.05, 3.63) is 114 Å². The van der Waals surface area contributed by atoms with E-state index in [9.17, 15) is 0 Å². The zero-order chi connectivity index (χ0) is 22.7. The molecule has 1 unspecified atom stereocenters. The number of rotatable bonds is 0. The Kier molecular flexibility index (Phi) is 3.14. The van der Waals surface area contributed by atoms with E-state index in [-0.39, 0.29) is 12.8 Å². The lowest BCUT2D eigenvalue weighted by atomic mass is 9.31. The molecule has 0 saturated heterocycles.